The van der Waals surface area contributed by atoms with Gasteiger partial charge in [0.15, 0.2) is 0 Å². The first-order valence-corrected chi connectivity index (χ1v) is 19.0. The molecule has 2 aromatic rings. The fraction of sp³-hybridized carbons (Fsp3) is 0.611. The van der Waals surface area contributed by atoms with Gasteiger partial charge in [0.2, 0.25) is 11.8 Å². The van der Waals surface area contributed by atoms with Crippen molar-refractivity contribution in [3.63, 3.8) is 0 Å². The van der Waals surface area contributed by atoms with Crippen LogP contribution in [0.15, 0.2) is 36.4 Å². The summed E-state index contributed by atoms with van der Waals surface area (Å²) in [6, 6.07) is 11.5. The van der Waals surface area contributed by atoms with Crippen molar-refractivity contribution < 1.29 is 19.1 Å². The molecule has 284 valence electrons. The number of nitrogens with zero attached hydrogens (tertiary/aromatic N) is 7. The molecule has 2 aromatic carbocycles. The number of ether oxygens (including phenoxy) is 2. The van der Waals surface area contributed by atoms with Crippen LogP contribution < -0.4 is 24.6 Å². The number of carbonyl (C=O) groups is 2. The minimum Gasteiger partial charge on any atom is -0.495 e. The second-order valence-electron chi connectivity index (χ2n) is 13.1. The molecule has 0 radical (unpaired) electrons. The smallest absolute Gasteiger partial charge is 0.237 e. The number of methoxy groups -OCH3 is 2. The monoisotopic (exact) mass is 768 g/mol. The van der Waals surface area contributed by atoms with Crippen LogP contribution >= 0.6 is 34.8 Å². The summed E-state index contributed by atoms with van der Waals surface area (Å²) in [4.78, 5) is 39.2. The zero-order valence-corrected chi connectivity index (χ0v) is 32.9. The average molecular weight is 770 g/mol. The van der Waals surface area contributed by atoms with Crippen LogP contribution in [0.25, 0.3) is 0 Å². The molecular weight excluding hydrogens is 715 g/mol. The quantitative estimate of drug-likeness (QED) is 0.425. The molecule has 0 unspecified atom stereocenters. The summed E-state index contributed by atoms with van der Waals surface area (Å²) < 4.78 is 10.5. The van der Waals surface area contributed by atoms with E-state index in [0.717, 1.165) is 89.9 Å². The first-order valence-electron chi connectivity index (χ1n) is 17.7. The van der Waals surface area contributed by atoms with Crippen LogP contribution in [0, 0.1) is 0 Å². The molecule has 2 amide bonds. The van der Waals surface area contributed by atoms with Gasteiger partial charge in [-0.3, -0.25) is 14.5 Å². The van der Waals surface area contributed by atoms with Gasteiger partial charge in [0.1, 0.15) is 17.4 Å². The van der Waals surface area contributed by atoms with Crippen molar-refractivity contribution in [3.8, 4) is 11.5 Å². The Bertz CT molecular complexity index is 1380. The first kappa shape index (κ1) is 41.1. The molecule has 4 aliphatic rings. The molecule has 4 aliphatic heterocycles. The van der Waals surface area contributed by atoms with Gasteiger partial charge in [0.25, 0.3) is 0 Å². The minimum atomic E-state index is -0.00463. The van der Waals surface area contributed by atoms with Crippen molar-refractivity contribution in [2.45, 2.75) is 0 Å². The molecule has 6 rings (SSSR count). The number of hydrogen-bond acceptors (Lipinski definition) is 10. The summed E-state index contributed by atoms with van der Waals surface area (Å²) in [6.07, 6.45) is 0. The van der Waals surface area contributed by atoms with E-state index in [2.05, 4.69) is 43.9 Å². The van der Waals surface area contributed by atoms with Crippen LogP contribution in [0.5, 0.6) is 11.5 Å². The Kier molecular flexibility index (Phi) is 17.0. The van der Waals surface area contributed by atoms with E-state index in [-0.39, 0.29) is 17.7 Å². The summed E-state index contributed by atoms with van der Waals surface area (Å²) in [7, 11) is 7.51. The normalized spacial score (nSPS) is 19.0. The largest absolute Gasteiger partial charge is 0.495 e. The zero-order chi connectivity index (χ0) is 36.8. The highest BCUT2D eigenvalue weighted by Gasteiger charge is 2.25. The van der Waals surface area contributed by atoms with Gasteiger partial charge in [0.05, 0.1) is 30.8 Å². The van der Waals surface area contributed by atoms with Crippen molar-refractivity contribution in [1.82, 2.24) is 29.8 Å². The van der Waals surface area contributed by atoms with Crippen LogP contribution in [-0.2, 0) is 9.59 Å². The van der Waals surface area contributed by atoms with Crippen LogP contribution in [-0.4, -0.2) is 182 Å². The lowest BCUT2D eigenvalue weighted by molar-refractivity contribution is -0.133. The maximum absolute atomic E-state index is 12.6. The Balaban J connectivity index is 0.000000197. The number of hydrogen-bond donors (Lipinski definition) is 1. The molecule has 0 aliphatic carbocycles. The predicted molar refractivity (Wildman–Crippen MR) is 209 cm³/mol. The van der Waals surface area contributed by atoms with E-state index in [4.69, 9.17) is 44.3 Å². The second kappa shape index (κ2) is 21.1. The standard InChI is InChI=1S/C18H27ClN4O2.C13H16Cl2N2O2.C5H12N2/c1-20-5-7-21(8-6-20)14-18(24)23-11-9-22(10-12-23)15-3-4-16(19)17(13-15)25-2;1-19-12-8-10(2-3-11(12)15)16-4-6-17(7-5-16)13(18)9-14;1-7-4-2-6-3-5-7/h3-4,13H,5-12,14H2,1-2H3;2-3,8H,4-7,9H2,1H3;6H,2-5H2,1H3. The third-order valence-electron chi connectivity index (χ3n) is 9.67. The molecule has 4 fully saturated rings. The highest BCUT2D eigenvalue weighted by Crippen LogP contribution is 2.31. The SMILES string of the molecule is CN1CCNCC1.COc1cc(N2CCN(C(=O)CCl)CC2)ccc1Cl.COc1cc(N2CCN(C(=O)CN3CCN(C)CC3)CC2)ccc1Cl. The number of nitrogens with one attached hydrogen (secondary N) is 1. The lowest BCUT2D eigenvalue weighted by atomic mass is 10.2. The molecule has 51 heavy (non-hydrogen) atoms. The van der Waals surface area contributed by atoms with E-state index >= 15 is 0 Å². The lowest BCUT2D eigenvalue weighted by Gasteiger charge is -2.38. The number of rotatable bonds is 7. The molecule has 0 saturated carbocycles. The van der Waals surface area contributed by atoms with Gasteiger partial charge in [-0.05, 0) is 38.4 Å². The minimum absolute atomic E-state index is 0.00463. The van der Waals surface area contributed by atoms with Gasteiger partial charge >= 0.3 is 0 Å². The number of benzene rings is 2. The van der Waals surface area contributed by atoms with Crippen LogP contribution in [0.4, 0.5) is 11.4 Å². The third kappa shape index (κ3) is 12.7. The van der Waals surface area contributed by atoms with Crippen molar-refractivity contribution in [2.24, 2.45) is 0 Å². The van der Waals surface area contributed by atoms with Crippen molar-refractivity contribution in [1.29, 1.82) is 0 Å². The number of amides is 2. The topological polar surface area (TPSA) is 87.3 Å². The first-order chi connectivity index (χ1) is 24.6. The Hall–Kier alpha value is -2.71. The van der Waals surface area contributed by atoms with E-state index in [0.29, 0.717) is 41.2 Å². The van der Waals surface area contributed by atoms with E-state index in [1.165, 1.54) is 13.1 Å². The van der Waals surface area contributed by atoms with Gasteiger partial charge < -0.3 is 44.2 Å². The maximum Gasteiger partial charge on any atom is 0.237 e. The second-order valence-corrected chi connectivity index (χ2v) is 14.2. The Morgan fingerprint density at radius 3 is 1.45 bits per heavy atom. The molecule has 15 heteroatoms. The molecule has 4 heterocycles. The molecule has 1 N–H and O–H groups in total. The fourth-order valence-electron chi connectivity index (χ4n) is 6.28. The van der Waals surface area contributed by atoms with E-state index in [1.807, 2.05) is 41.3 Å². The zero-order valence-electron chi connectivity index (χ0n) is 30.6. The van der Waals surface area contributed by atoms with Crippen molar-refractivity contribution in [3.05, 3.63) is 46.4 Å². The number of anilines is 2. The Morgan fingerprint density at radius 2 is 1.06 bits per heavy atom. The van der Waals surface area contributed by atoms with Crippen molar-refractivity contribution in [2.75, 3.05) is 155 Å². The number of alkyl halides is 1. The summed E-state index contributed by atoms with van der Waals surface area (Å²) in [5.74, 6) is 1.65. The molecule has 0 bridgehead atoms. The third-order valence-corrected chi connectivity index (χ3v) is 10.5. The van der Waals surface area contributed by atoms with Crippen LogP contribution in [0.2, 0.25) is 10.0 Å². The van der Waals surface area contributed by atoms with E-state index in [9.17, 15) is 9.59 Å². The number of piperazine rings is 4. The lowest BCUT2D eigenvalue weighted by Crippen LogP contribution is -2.53. The highest BCUT2D eigenvalue weighted by atomic mass is 35.5. The molecule has 0 aromatic heterocycles. The van der Waals surface area contributed by atoms with E-state index in [1.54, 1.807) is 19.1 Å². The van der Waals surface area contributed by atoms with Gasteiger partial charge in [0, 0.05) is 128 Å². The van der Waals surface area contributed by atoms with Crippen molar-refractivity contribution >= 4 is 58.0 Å². The molecular formula is C36H55Cl3N8O4. The molecule has 12 nitrogen and oxygen atoms in total. The van der Waals surface area contributed by atoms with E-state index < -0.39 is 0 Å². The fourth-order valence-corrected chi connectivity index (χ4v) is 6.84. The molecule has 4 saturated heterocycles. The Labute approximate surface area is 319 Å². The number of halogens is 3. The number of carbonyl (C=O) groups excluding carboxylic acids is 2. The maximum atomic E-state index is 12.6. The summed E-state index contributed by atoms with van der Waals surface area (Å²) in [5, 5.41) is 4.49. The van der Waals surface area contributed by atoms with Gasteiger partial charge in [-0.25, -0.2) is 0 Å². The summed E-state index contributed by atoms with van der Waals surface area (Å²) in [5.41, 5.74) is 2.15. The highest BCUT2D eigenvalue weighted by molar-refractivity contribution is 6.32. The van der Waals surface area contributed by atoms with Gasteiger partial charge in [-0.2, -0.15) is 0 Å². The van der Waals surface area contributed by atoms with Gasteiger partial charge in [-0.15, -0.1) is 11.6 Å². The van der Waals surface area contributed by atoms with Crippen LogP contribution in [0.3, 0.4) is 0 Å². The average Bonchev–Trinajstić information content (AvgIpc) is 3.17. The van der Waals surface area contributed by atoms with Gasteiger partial charge in [-0.1, -0.05) is 23.2 Å². The predicted octanol–water partition coefficient (Wildman–Crippen LogP) is 3.00. The summed E-state index contributed by atoms with van der Waals surface area (Å²) >= 11 is 17.7. The Morgan fingerprint density at radius 1 is 0.627 bits per heavy atom. The van der Waals surface area contributed by atoms with Crippen LogP contribution in [0.1, 0.15) is 0 Å². The number of likely N-dealkylation sites (N-methyl/N-ethyl adjacent to an activating group) is 2. The molecule has 0 spiro atoms. The summed E-state index contributed by atoms with van der Waals surface area (Å²) in [6.45, 7) is 15.5. The molecule has 0 atom stereocenters.